The van der Waals surface area contributed by atoms with Crippen molar-refractivity contribution in [2.24, 2.45) is 0 Å². The third-order valence-electron chi connectivity index (χ3n) is 6.73. The van der Waals surface area contributed by atoms with Crippen molar-refractivity contribution in [2.75, 3.05) is 43.5 Å². The number of amides is 1. The molecule has 0 unspecified atom stereocenters. The Bertz CT molecular complexity index is 1370. The Morgan fingerprint density at radius 1 is 1.09 bits per heavy atom. The molecule has 1 amide bonds. The van der Waals surface area contributed by atoms with Gasteiger partial charge < -0.3 is 19.5 Å². The maximum atomic E-state index is 13.3. The standard InChI is InChI=1S/C26H28N6O2S/c1-18-5-4-6-19(15-18)32-25(30-11-13-34-14-12-30)28-29-26(32)35-17-24(33)31-10-9-23-21(16-31)20-7-2-3-8-22(20)27-23/h2-8,15,27H,9-14,16-17H2,1H3. The van der Waals surface area contributed by atoms with E-state index < -0.39 is 0 Å². The summed E-state index contributed by atoms with van der Waals surface area (Å²) in [5.74, 6) is 1.25. The molecule has 35 heavy (non-hydrogen) atoms. The van der Waals surface area contributed by atoms with Gasteiger partial charge in [0.2, 0.25) is 11.9 Å². The van der Waals surface area contributed by atoms with Crippen molar-refractivity contribution >= 4 is 34.5 Å². The Kier molecular flexibility index (Phi) is 5.95. The molecule has 0 radical (unpaired) electrons. The van der Waals surface area contributed by atoms with Crippen molar-refractivity contribution in [2.45, 2.75) is 25.0 Å². The van der Waals surface area contributed by atoms with Crippen LogP contribution in [0.3, 0.4) is 0 Å². The average Bonchev–Trinajstić information content (AvgIpc) is 3.49. The van der Waals surface area contributed by atoms with Gasteiger partial charge in [0.25, 0.3) is 0 Å². The Balaban J connectivity index is 1.22. The van der Waals surface area contributed by atoms with E-state index in [4.69, 9.17) is 4.74 Å². The summed E-state index contributed by atoms with van der Waals surface area (Å²) in [6, 6.07) is 16.6. The number of aromatic amines is 1. The number of hydrogen-bond donors (Lipinski definition) is 1. The number of carbonyl (C=O) groups is 1. The van der Waals surface area contributed by atoms with Crippen molar-refractivity contribution in [1.29, 1.82) is 0 Å². The zero-order valence-corrected chi connectivity index (χ0v) is 20.6. The number of anilines is 1. The molecule has 1 fully saturated rings. The summed E-state index contributed by atoms with van der Waals surface area (Å²) in [6.45, 7) is 6.33. The molecule has 1 N–H and O–H groups in total. The van der Waals surface area contributed by atoms with Gasteiger partial charge in [0.1, 0.15) is 0 Å². The molecule has 4 aromatic rings. The number of ether oxygens (including phenoxy) is 1. The van der Waals surface area contributed by atoms with Crippen molar-refractivity contribution < 1.29 is 9.53 Å². The molecule has 6 rings (SSSR count). The highest BCUT2D eigenvalue weighted by Crippen LogP contribution is 2.30. The first-order chi connectivity index (χ1) is 17.2. The molecule has 0 aliphatic carbocycles. The Morgan fingerprint density at radius 3 is 2.80 bits per heavy atom. The van der Waals surface area contributed by atoms with Crippen LogP contribution in [-0.2, 0) is 22.5 Å². The largest absolute Gasteiger partial charge is 0.378 e. The molecule has 2 aromatic carbocycles. The molecule has 8 nitrogen and oxygen atoms in total. The van der Waals surface area contributed by atoms with E-state index in [1.165, 1.54) is 34.0 Å². The fourth-order valence-corrected chi connectivity index (χ4v) is 5.76. The van der Waals surface area contributed by atoms with E-state index in [0.29, 0.717) is 25.5 Å². The number of aromatic nitrogens is 4. The van der Waals surface area contributed by atoms with Crippen LogP contribution in [0.5, 0.6) is 0 Å². The summed E-state index contributed by atoms with van der Waals surface area (Å²) in [6.07, 6.45) is 0.848. The lowest BCUT2D eigenvalue weighted by Crippen LogP contribution is -2.38. The van der Waals surface area contributed by atoms with E-state index in [0.717, 1.165) is 48.4 Å². The maximum Gasteiger partial charge on any atom is 0.233 e. The first-order valence-electron chi connectivity index (χ1n) is 12.0. The number of rotatable bonds is 5. The highest BCUT2D eigenvalue weighted by atomic mass is 32.2. The number of H-pyrrole nitrogens is 1. The summed E-state index contributed by atoms with van der Waals surface area (Å²) in [7, 11) is 0. The van der Waals surface area contributed by atoms with Crippen LogP contribution in [0.4, 0.5) is 5.95 Å². The lowest BCUT2D eigenvalue weighted by Gasteiger charge is -2.28. The van der Waals surface area contributed by atoms with E-state index >= 15 is 0 Å². The second-order valence-corrected chi connectivity index (χ2v) is 9.98. The molecule has 4 heterocycles. The van der Waals surface area contributed by atoms with E-state index in [1.54, 1.807) is 0 Å². The maximum absolute atomic E-state index is 13.3. The summed E-state index contributed by atoms with van der Waals surface area (Å²) in [5, 5.41) is 11.0. The van der Waals surface area contributed by atoms with Crippen molar-refractivity contribution in [3.05, 3.63) is 65.4 Å². The molecule has 0 atom stereocenters. The van der Waals surface area contributed by atoms with Crippen molar-refractivity contribution in [3.63, 3.8) is 0 Å². The van der Waals surface area contributed by atoms with Gasteiger partial charge in [0.15, 0.2) is 5.16 Å². The zero-order valence-electron chi connectivity index (χ0n) is 19.7. The van der Waals surface area contributed by atoms with E-state index in [9.17, 15) is 4.79 Å². The number of hydrogen-bond acceptors (Lipinski definition) is 6. The fourth-order valence-electron chi connectivity index (χ4n) is 4.91. The SMILES string of the molecule is Cc1cccc(-n2c(SCC(=O)N3CCc4[nH]c5ccccc5c4C3)nnc2N2CCOCC2)c1. The number of thioether (sulfide) groups is 1. The molecular weight excluding hydrogens is 460 g/mol. The number of morpholine rings is 1. The summed E-state index contributed by atoms with van der Waals surface area (Å²) in [5.41, 5.74) is 5.80. The van der Waals surface area contributed by atoms with Gasteiger partial charge in [-0.2, -0.15) is 0 Å². The molecule has 0 bridgehead atoms. The van der Waals surface area contributed by atoms with Gasteiger partial charge >= 0.3 is 0 Å². The van der Waals surface area contributed by atoms with Crippen LogP contribution in [0.1, 0.15) is 16.8 Å². The topological polar surface area (TPSA) is 79.3 Å². The zero-order chi connectivity index (χ0) is 23.8. The number of nitrogens with one attached hydrogen (secondary N) is 1. The molecule has 2 aliphatic heterocycles. The molecule has 0 saturated carbocycles. The summed E-state index contributed by atoms with van der Waals surface area (Å²) < 4.78 is 7.60. The molecule has 0 spiro atoms. The first kappa shape index (κ1) is 22.2. The molecular formula is C26H28N6O2S. The second-order valence-electron chi connectivity index (χ2n) is 9.04. The smallest absolute Gasteiger partial charge is 0.233 e. The molecule has 180 valence electrons. The monoisotopic (exact) mass is 488 g/mol. The van der Waals surface area contributed by atoms with Crippen molar-refractivity contribution in [3.8, 4) is 5.69 Å². The van der Waals surface area contributed by atoms with Gasteiger partial charge in [0, 0.05) is 54.8 Å². The van der Waals surface area contributed by atoms with Crippen LogP contribution in [0, 0.1) is 6.92 Å². The van der Waals surface area contributed by atoms with Gasteiger partial charge in [-0.3, -0.25) is 9.36 Å². The predicted octanol–water partition coefficient (Wildman–Crippen LogP) is 3.57. The highest BCUT2D eigenvalue weighted by Gasteiger charge is 2.26. The quantitative estimate of drug-likeness (QED) is 0.433. The predicted molar refractivity (Wildman–Crippen MR) is 137 cm³/mol. The van der Waals surface area contributed by atoms with E-state index in [2.05, 4.69) is 68.0 Å². The van der Waals surface area contributed by atoms with Crippen LogP contribution in [0.25, 0.3) is 16.6 Å². The van der Waals surface area contributed by atoms with Crippen LogP contribution in [-0.4, -0.2) is 69.2 Å². The molecule has 2 aromatic heterocycles. The Labute approximate surface area is 208 Å². The molecule has 9 heteroatoms. The van der Waals surface area contributed by atoms with Gasteiger partial charge in [-0.15, -0.1) is 10.2 Å². The molecule has 2 aliphatic rings. The van der Waals surface area contributed by atoms with Crippen molar-refractivity contribution in [1.82, 2.24) is 24.6 Å². The van der Waals surface area contributed by atoms with Crippen LogP contribution >= 0.6 is 11.8 Å². The van der Waals surface area contributed by atoms with E-state index in [1.807, 2.05) is 17.0 Å². The van der Waals surface area contributed by atoms with Gasteiger partial charge in [0.05, 0.1) is 24.7 Å². The van der Waals surface area contributed by atoms with Gasteiger partial charge in [-0.25, -0.2) is 0 Å². The average molecular weight is 489 g/mol. The minimum atomic E-state index is 0.123. The normalized spacial score (nSPS) is 16.0. The fraction of sp³-hybridized carbons (Fsp3) is 0.346. The molecule has 1 saturated heterocycles. The number of para-hydroxylation sites is 1. The van der Waals surface area contributed by atoms with E-state index in [-0.39, 0.29) is 5.91 Å². The minimum Gasteiger partial charge on any atom is -0.378 e. The minimum absolute atomic E-state index is 0.123. The number of aryl methyl sites for hydroxylation is 1. The van der Waals surface area contributed by atoms with Gasteiger partial charge in [-0.1, -0.05) is 42.1 Å². The number of benzene rings is 2. The highest BCUT2D eigenvalue weighted by molar-refractivity contribution is 7.99. The summed E-state index contributed by atoms with van der Waals surface area (Å²) >= 11 is 1.45. The number of nitrogens with zero attached hydrogens (tertiary/aromatic N) is 5. The number of fused-ring (bicyclic) bond motifs is 3. The Hall–Kier alpha value is -3.30. The third-order valence-corrected chi connectivity index (χ3v) is 7.64. The van der Waals surface area contributed by atoms with Crippen LogP contribution < -0.4 is 4.90 Å². The first-order valence-corrected chi connectivity index (χ1v) is 13.0. The lowest BCUT2D eigenvalue weighted by molar-refractivity contribution is -0.129. The summed E-state index contributed by atoms with van der Waals surface area (Å²) in [4.78, 5) is 20.9. The third kappa shape index (κ3) is 4.30. The second kappa shape index (κ2) is 9.39. The Morgan fingerprint density at radius 2 is 1.94 bits per heavy atom. The number of carbonyl (C=O) groups excluding carboxylic acids is 1. The lowest BCUT2D eigenvalue weighted by atomic mass is 10.0. The van der Waals surface area contributed by atoms with Crippen LogP contribution in [0.2, 0.25) is 0 Å². The van der Waals surface area contributed by atoms with Gasteiger partial charge in [-0.05, 0) is 30.7 Å². The van der Waals surface area contributed by atoms with Crippen LogP contribution in [0.15, 0.2) is 53.7 Å².